The van der Waals surface area contributed by atoms with E-state index in [0.717, 1.165) is 22.6 Å². The van der Waals surface area contributed by atoms with Gasteiger partial charge >= 0.3 is 0 Å². The molecule has 0 bridgehead atoms. The lowest BCUT2D eigenvalue weighted by atomic mass is 10.2. The first-order chi connectivity index (χ1) is 14.9. The minimum Gasteiger partial charge on any atom is -0.492 e. The molecule has 2 aromatic carbocycles. The van der Waals surface area contributed by atoms with E-state index in [9.17, 15) is 4.79 Å². The minimum absolute atomic E-state index is 0.271. The molecule has 3 aromatic rings. The van der Waals surface area contributed by atoms with Crippen LogP contribution in [0, 0.1) is 13.8 Å². The number of ether oxygens (including phenoxy) is 1. The van der Waals surface area contributed by atoms with E-state index in [1.807, 2.05) is 75.0 Å². The van der Waals surface area contributed by atoms with E-state index < -0.39 is 0 Å². The van der Waals surface area contributed by atoms with Crippen LogP contribution >= 0.6 is 15.9 Å². The Kier molecular flexibility index (Phi) is 7.46. The molecule has 1 amide bonds. The largest absolute Gasteiger partial charge is 0.492 e. The van der Waals surface area contributed by atoms with Gasteiger partial charge < -0.3 is 10.1 Å². The number of aliphatic imine (C=N–C) groups is 1. The zero-order chi connectivity index (χ0) is 22.4. The molecule has 0 spiro atoms. The van der Waals surface area contributed by atoms with Gasteiger partial charge in [-0.05, 0) is 61.0 Å². The molecule has 0 aliphatic carbocycles. The first-order valence-electron chi connectivity index (χ1n) is 9.99. The molecule has 2 N–H and O–H groups in total. The number of benzene rings is 2. The van der Waals surface area contributed by atoms with Crippen LogP contribution in [-0.2, 0) is 13.6 Å². The van der Waals surface area contributed by atoms with Crippen LogP contribution in [0.3, 0.4) is 0 Å². The maximum atomic E-state index is 12.9. The normalized spacial score (nSPS) is 11.3. The summed E-state index contributed by atoms with van der Waals surface area (Å²) in [7, 11) is 1.90. The number of para-hydroxylation sites is 2. The lowest BCUT2D eigenvalue weighted by Gasteiger charge is -2.15. The van der Waals surface area contributed by atoms with E-state index in [1.165, 1.54) is 0 Å². The zero-order valence-electron chi connectivity index (χ0n) is 18.1. The molecule has 0 saturated carbocycles. The van der Waals surface area contributed by atoms with Crippen molar-refractivity contribution in [1.29, 1.82) is 0 Å². The Morgan fingerprint density at radius 2 is 1.87 bits per heavy atom. The summed E-state index contributed by atoms with van der Waals surface area (Å²) in [4.78, 5) is 17.6. The highest BCUT2D eigenvalue weighted by atomic mass is 79.9. The molecule has 0 radical (unpaired) electrons. The molecule has 0 unspecified atom stereocenters. The van der Waals surface area contributed by atoms with Gasteiger partial charge in [0.1, 0.15) is 5.75 Å². The summed E-state index contributed by atoms with van der Waals surface area (Å²) < 4.78 is 8.24. The number of nitrogens with one attached hydrogen (secondary N) is 2. The molecule has 1 heterocycles. The highest BCUT2D eigenvalue weighted by molar-refractivity contribution is 9.10. The molecule has 0 atom stereocenters. The van der Waals surface area contributed by atoms with Crippen molar-refractivity contribution >= 4 is 33.5 Å². The molecule has 1 aromatic heterocycles. The predicted octanol–water partition coefficient (Wildman–Crippen LogP) is 4.60. The van der Waals surface area contributed by atoms with Gasteiger partial charge in [-0.1, -0.05) is 24.3 Å². The average Bonchev–Trinajstić information content (AvgIpc) is 2.99. The van der Waals surface area contributed by atoms with E-state index in [-0.39, 0.29) is 5.91 Å². The van der Waals surface area contributed by atoms with Crippen molar-refractivity contribution in [2.24, 2.45) is 12.0 Å². The van der Waals surface area contributed by atoms with Gasteiger partial charge in [-0.15, -0.1) is 0 Å². The first-order valence-corrected chi connectivity index (χ1v) is 10.8. The van der Waals surface area contributed by atoms with E-state index in [4.69, 9.17) is 4.74 Å². The SMILES string of the molecule is CCOc1ccccc1NC(=NCc1c(C)nn(C)c1C)NC(=O)c1ccccc1Br. The van der Waals surface area contributed by atoms with Crippen molar-refractivity contribution in [3.63, 3.8) is 0 Å². The van der Waals surface area contributed by atoms with Crippen LogP contribution in [0.15, 0.2) is 58.0 Å². The van der Waals surface area contributed by atoms with Crippen molar-refractivity contribution in [1.82, 2.24) is 15.1 Å². The lowest BCUT2D eigenvalue weighted by Crippen LogP contribution is -2.36. The number of halogens is 1. The van der Waals surface area contributed by atoms with Gasteiger partial charge in [0.25, 0.3) is 5.91 Å². The standard InChI is InChI=1S/C23H26BrN5O2/c1-5-31-21-13-9-8-12-20(21)26-23(25-14-18-15(2)28-29(4)16(18)3)27-22(30)17-10-6-7-11-19(17)24/h6-13H,5,14H2,1-4H3,(H2,25,26,27,30). The third kappa shape index (κ3) is 5.52. The first kappa shape index (κ1) is 22.6. The zero-order valence-corrected chi connectivity index (χ0v) is 19.7. The van der Waals surface area contributed by atoms with Gasteiger partial charge in [0.15, 0.2) is 0 Å². The predicted molar refractivity (Wildman–Crippen MR) is 127 cm³/mol. The van der Waals surface area contributed by atoms with Crippen molar-refractivity contribution in [3.05, 3.63) is 75.5 Å². The molecule has 0 saturated heterocycles. The van der Waals surface area contributed by atoms with Crippen LogP contribution in [-0.4, -0.2) is 28.3 Å². The third-order valence-electron chi connectivity index (χ3n) is 4.84. The number of carbonyl (C=O) groups is 1. The van der Waals surface area contributed by atoms with Gasteiger partial charge in [0.2, 0.25) is 5.96 Å². The number of hydrogen-bond acceptors (Lipinski definition) is 4. The van der Waals surface area contributed by atoms with Gasteiger partial charge in [0.05, 0.1) is 30.1 Å². The van der Waals surface area contributed by atoms with Crippen LogP contribution in [0.5, 0.6) is 5.75 Å². The highest BCUT2D eigenvalue weighted by Crippen LogP contribution is 2.24. The number of carbonyl (C=O) groups excluding carboxylic acids is 1. The second-order valence-electron chi connectivity index (χ2n) is 6.93. The summed E-state index contributed by atoms with van der Waals surface area (Å²) in [6.45, 7) is 6.79. The molecular weight excluding hydrogens is 458 g/mol. The number of guanidine groups is 1. The van der Waals surface area contributed by atoms with Crippen LogP contribution < -0.4 is 15.4 Å². The molecule has 0 aliphatic heterocycles. The average molecular weight is 484 g/mol. The van der Waals surface area contributed by atoms with E-state index in [1.54, 1.807) is 6.07 Å². The summed E-state index contributed by atoms with van der Waals surface area (Å²) in [5.41, 5.74) is 4.21. The van der Waals surface area contributed by atoms with Crippen LogP contribution in [0.4, 0.5) is 5.69 Å². The van der Waals surface area contributed by atoms with Crippen LogP contribution in [0.25, 0.3) is 0 Å². The summed E-state index contributed by atoms with van der Waals surface area (Å²) in [6, 6.07) is 14.8. The summed E-state index contributed by atoms with van der Waals surface area (Å²) >= 11 is 3.43. The molecular formula is C23H26BrN5O2. The molecule has 7 nitrogen and oxygen atoms in total. The van der Waals surface area contributed by atoms with Crippen LogP contribution in [0.1, 0.15) is 34.2 Å². The van der Waals surface area contributed by atoms with Gasteiger partial charge in [-0.2, -0.15) is 5.10 Å². The van der Waals surface area contributed by atoms with Gasteiger partial charge in [-0.25, -0.2) is 4.99 Å². The molecule has 3 rings (SSSR count). The number of aromatic nitrogens is 2. The van der Waals surface area contributed by atoms with Crippen molar-refractivity contribution in [3.8, 4) is 5.75 Å². The fourth-order valence-corrected chi connectivity index (χ4v) is 3.58. The fourth-order valence-electron chi connectivity index (χ4n) is 3.11. The smallest absolute Gasteiger partial charge is 0.259 e. The molecule has 162 valence electrons. The van der Waals surface area contributed by atoms with E-state index in [2.05, 4.69) is 36.7 Å². The Hall–Kier alpha value is -3.13. The number of rotatable bonds is 6. The number of nitrogens with zero attached hydrogens (tertiary/aromatic N) is 3. The number of aryl methyl sites for hydroxylation is 2. The number of hydrogen-bond donors (Lipinski definition) is 2. The summed E-state index contributed by atoms with van der Waals surface area (Å²) in [5, 5.41) is 10.6. The molecule has 0 aliphatic rings. The molecule has 31 heavy (non-hydrogen) atoms. The topological polar surface area (TPSA) is 80.5 Å². The maximum Gasteiger partial charge on any atom is 0.259 e. The molecule has 8 heteroatoms. The summed E-state index contributed by atoms with van der Waals surface area (Å²) in [5.74, 6) is 0.740. The van der Waals surface area contributed by atoms with E-state index in [0.29, 0.717) is 34.9 Å². The van der Waals surface area contributed by atoms with Gasteiger partial charge in [-0.3, -0.25) is 14.8 Å². The maximum absolute atomic E-state index is 12.9. The number of anilines is 1. The third-order valence-corrected chi connectivity index (χ3v) is 5.54. The van der Waals surface area contributed by atoms with Gasteiger partial charge in [0, 0.05) is 22.8 Å². The number of amides is 1. The minimum atomic E-state index is -0.271. The Bertz CT molecular complexity index is 1110. The summed E-state index contributed by atoms with van der Waals surface area (Å²) in [6.07, 6.45) is 0. The van der Waals surface area contributed by atoms with E-state index >= 15 is 0 Å². The Labute approximate surface area is 190 Å². The quantitative estimate of drug-likeness (QED) is 0.396. The fraction of sp³-hybridized carbons (Fsp3) is 0.261. The second-order valence-corrected chi connectivity index (χ2v) is 7.78. The lowest BCUT2D eigenvalue weighted by molar-refractivity contribution is 0.0976. The molecule has 0 fully saturated rings. The Balaban J connectivity index is 1.91. The van der Waals surface area contributed by atoms with Crippen molar-refractivity contribution in [2.75, 3.05) is 11.9 Å². The Morgan fingerprint density at radius 1 is 1.16 bits per heavy atom. The van der Waals surface area contributed by atoms with Crippen molar-refractivity contribution < 1.29 is 9.53 Å². The monoisotopic (exact) mass is 483 g/mol. The van der Waals surface area contributed by atoms with Crippen LogP contribution in [0.2, 0.25) is 0 Å². The second kappa shape index (κ2) is 10.3. The Morgan fingerprint density at radius 3 is 2.55 bits per heavy atom. The van der Waals surface area contributed by atoms with Crippen molar-refractivity contribution in [2.45, 2.75) is 27.3 Å². The highest BCUT2D eigenvalue weighted by Gasteiger charge is 2.15.